The summed E-state index contributed by atoms with van der Waals surface area (Å²) in [5.74, 6) is 0.387. The Morgan fingerprint density at radius 3 is 2.73 bits per heavy atom. The van der Waals surface area contributed by atoms with Gasteiger partial charge in [0, 0.05) is 11.9 Å². The molecule has 4 rings (SSSR count). The fourth-order valence-corrected chi connectivity index (χ4v) is 3.45. The van der Waals surface area contributed by atoms with Crippen LogP contribution in [0.4, 0.5) is 0 Å². The number of nitrogens with zero attached hydrogens (tertiary/aromatic N) is 1. The van der Waals surface area contributed by atoms with E-state index in [-0.39, 0.29) is 11.6 Å². The lowest BCUT2D eigenvalue weighted by atomic mass is 10.1. The van der Waals surface area contributed by atoms with Crippen LogP contribution in [0.3, 0.4) is 0 Å². The molecule has 2 aromatic heterocycles. The van der Waals surface area contributed by atoms with Crippen molar-refractivity contribution in [2.45, 2.75) is 18.9 Å². The van der Waals surface area contributed by atoms with Gasteiger partial charge in [-0.25, -0.2) is 4.79 Å². The molecule has 1 atom stereocenters. The highest BCUT2D eigenvalue weighted by atomic mass is 16.4. The summed E-state index contributed by atoms with van der Waals surface area (Å²) < 4.78 is 10.8. The van der Waals surface area contributed by atoms with Crippen LogP contribution in [-0.4, -0.2) is 30.4 Å². The third kappa shape index (κ3) is 3.28. The molecule has 0 unspecified atom stereocenters. The standard InChI is InChI=1S/C20H20N2O4/c23-19(15-12-14-6-1-2-7-17(14)26-20(15)24)21-13-16(18-8-5-11-25-18)22-9-3-4-10-22/h1-2,5-8,11-12,16H,3-4,9-10,13H2,(H,21,23)/t16-/m1/s1. The van der Waals surface area contributed by atoms with Crippen LogP contribution < -0.4 is 10.9 Å². The van der Waals surface area contributed by atoms with Gasteiger partial charge >= 0.3 is 5.63 Å². The fraction of sp³-hybridized carbons (Fsp3) is 0.300. The number of benzene rings is 1. The van der Waals surface area contributed by atoms with Gasteiger partial charge in [0.2, 0.25) is 0 Å². The molecule has 0 aliphatic carbocycles. The topological polar surface area (TPSA) is 75.7 Å². The van der Waals surface area contributed by atoms with Gasteiger partial charge in [0.25, 0.3) is 5.91 Å². The van der Waals surface area contributed by atoms with E-state index in [2.05, 4.69) is 10.2 Å². The van der Waals surface area contributed by atoms with Gasteiger partial charge in [-0.2, -0.15) is 0 Å². The summed E-state index contributed by atoms with van der Waals surface area (Å²) in [5, 5.41) is 3.59. The van der Waals surface area contributed by atoms with E-state index in [0.717, 1.165) is 37.1 Å². The number of fused-ring (bicyclic) bond motifs is 1. The van der Waals surface area contributed by atoms with E-state index in [1.165, 1.54) is 0 Å². The molecule has 0 bridgehead atoms. The zero-order valence-electron chi connectivity index (χ0n) is 14.3. The van der Waals surface area contributed by atoms with Crippen LogP contribution in [-0.2, 0) is 0 Å². The molecule has 1 aliphatic heterocycles. The molecule has 1 amide bonds. The summed E-state index contributed by atoms with van der Waals surface area (Å²) in [7, 11) is 0. The summed E-state index contributed by atoms with van der Waals surface area (Å²) in [6.45, 7) is 2.32. The smallest absolute Gasteiger partial charge is 0.349 e. The molecule has 1 aliphatic rings. The normalized spacial score (nSPS) is 16.0. The molecule has 26 heavy (non-hydrogen) atoms. The van der Waals surface area contributed by atoms with Crippen LogP contribution in [0.25, 0.3) is 11.0 Å². The van der Waals surface area contributed by atoms with Crippen LogP contribution in [0.2, 0.25) is 0 Å². The first-order valence-corrected chi connectivity index (χ1v) is 8.81. The van der Waals surface area contributed by atoms with Gasteiger partial charge in [0.1, 0.15) is 16.9 Å². The van der Waals surface area contributed by atoms with Crippen molar-refractivity contribution in [1.82, 2.24) is 10.2 Å². The van der Waals surface area contributed by atoms with E-state index in [4.69, 9.17) is 8.83 Å². The molecule has 3 heterocycles. The summed E-state index contributed by atoms with van der Waals surface area (Å²) in [5.41, 5.74) is -0.139. The second kappa shape index (κ2) is 7.17. The minimum atomic E-state index is -0.628. The largest absolute Gasteiger partial charge is 0.468 e. The molecule has 1 N–H and O–H groups in total. The van der Waals surface area contributed by atoms with Crippen LogP contribution in [0.1, 0.15) is 35.0 Å². The molecule has 3 aromatic rings. The van der Waals surface area contributed by atoms with E-state index < -0.39 is 11.5 Å². The van der Waals surface area contributed by atoms with Crippen LogP contribution in [0, 0.1) is 0 Å². The average molecular weight is 352 g/mol. The molecule has 0 radical (unpaired) electrons. The van der Waals surface area contributed by atoms with Crippen molar-refractivity contribution in [3.63, 3.8) is 0 Å². The highest BCUT2D eigenvalue weighted by molar-refractivity contribution is 5.96. The molecule has 6 nitrogen and oxygen atoms in total. The maximum Gasteiger partial charge on any atom is 0.349 e. The number of amides is 1. The molecule has 1 saturated heterocycles. The minimum Gasteiger partial charge on any atom is -0.468 e. The van der Waals surface area contributed by atoms with E-state index in [1.54, 1.807) is 24.5 Å². The number of likely N-dealkylation sites (tertiary alicyclic amines) is 1. The monoisotopic (exact) mass is 352 g/mol. The predicted molar refractivity (Wildman–Crippen MR) is 97.1 cm³/mol. The van der Waals surface area contributed by atoms with Crippen LogP contribution >= 0.6 is 0 Å². The Balaban J connectivity index is 1.53. The Hall–Kier alpha value is -2.86. The minimum absolute atomic E-state index is 0.0170. The molecule has 1 aromatic carbocycles. The number of hydrogen-bond acceptors (Lipinski definition) is 5. The van der Waals surface area contributed by atoms with Crippen molar-refractivity contribution < 1.29 is 13.6 Å². The predicted octanol–water partition coefficient (Wildman–Crippen LogP) is 2.95. The average Bonchev–Trinajstić information content (AvgIpc) is 3.35. The van der Waals surface area contributed by atoms with Crippen LogP contribution in [0.5, 0.6) is 0 Å². The lowest BCUT2D eigenvalue weighted by Crippen LogP contribution is -2.37. The van der Waals surface area contributed by atoms with Crippen LogP contribution in [0.15, 0.2) is 62.4 Å². The van der Waals surface area contributed by atoms with Gasteiger partial charge in [-0.05, 0) is 50.2 Å². The molecular formula is C20H20N2O4. The summed E-state index contributed by atoms with van der Waals surface area (Å²) in [4.78, 5) is 27.0. The van der Waals surface area contributed by atoms with Crippen molar-refractivity contribution in [2.75, 3.05) is 19.6 Å². The molecule has 134 valence electrons. The number of rotatable bonds is 5. The highest BCUT2D eigenvalue weighted by Crippen LogP contribution is 2.25. The first-order valence-electron chi connectivity index (χ1n) is 8.81. The van der Waals surface area contributed by atoms with Gasteiger partial charge < -0.3 is 14.2 Å². The van der Waals surface area contributed by atoms with Gasteiger partial charge in [0.15, 0.2) is 0 Å². The molecule has 1 fully saturated rings. The first-order chi connectivity index (χ1) is 12.7. The maximum absolute atomic E-state index is 12.6. The SMILES string of the molecule is O=C(NC[C@H](c1ccco1)N1CCCC1)c1cc2ccccc2oc1=O. The zero-order valence-corrected chi connectivity index (χ0v) is 14.3. The number of hydrogen-bond donors (Lipinski definition) is 1. The van der Waals surface area contributed by atoms with Crippen molar-refractivity contribution in [3.05, 3.63) is 70.5 Å². The quantitative estimate of drug-likeness (QED) is 0.715. The van der Waals surface area contributed by atoms with Crippen molar-refractivity contribution >= 4 is 16.9 Å². The van der Waals surface area contributed by atoms with Gasteiger partial charge in [-0.3, -0.25) is 9.69 Å². The maximum atomic E-state index is 12.6. The van der Waals surface area contributed by atoms with E-state index in [9.17, 15) is 9.59 Å². The molecular weight excluding hydrogens is 332 g/mol. The first kappa shape index (κ1) is 16.6. The van der Waals surface area contributed by atoms with E-state index >= 15 is 0 Å². The molecule has 6 heteroatoms. The summed E-state index contributed by atoms with van der Waals surface area (Å²) in [6, 6.07) is 12.4. The fourth-order valence-electron chi connectivity index (χ4n) is 3.45. The van der Waals surface area contributed by atoms with Gasteiger partial charge in [0.05, 0.1) is 12.3 Å². The van der Waals surface area contributed by atoms with E-state index in [0.29, 0.717) is 12.1 Å². The summed E-state index contributed by atoms with van der Waals surface area (Å²) in [6.07, 6.45) is 3.91. The van der Waals surface area contributed by atoms with Gasteiger partial charge in [-0.1, -0.05) is 18.2 Å². The number of para-hydroxylation sites is 1. The second-order valence-corrected chi connectivity index (χ2v) is 6.47. The highest BCUT2D eigenvalue weighted by Gasteiger charge is 2.26. The Morgan fingerprint density at radius 2 is 1.96 bits per heavy atom. The molecule has 0 saturated carbocycles. The number of furan rings is 1. The lowest BCUT2D eigenvalue weighted by Gasteiger charge is -2.25. The van der Waals surface area contributed by atoms with Crippen molar-refractivity contribution in [3.8, 4) is 0 Å². The number of carbonyl (C=O) groups is 1. The van der Waals surface area contributed by atoms with Crippen molar-refractivity contribution in [2.24, 2.45) is 0 Å². The zero-order chi connectivity index (χ0) is 17.9. The van der Waals surface area contributed by atoms with Gasteiger partial charge in [-0.15, -0.1) is 0 Å². The second-order valence-electron chi connectivity index (χ2n) is 6.47. The number of carbonyl (C=O) groups excluding carboxylic acids is 1. The summed E-state index contributed by atoms with van der Waals surface area (Å²) >= 11 is 0. The Morgan fingerprint density at radius 1 is 1.15 bits per heavy atom. The lowest BCUT2D eigenvalue weighted by molar-refractivity contribution is 0.0930. The third-order valence-electron chi connectivity index (χ3n) is 4.80. The third-order valence-corrected chi connectivity index (χ3v) is 4.80. The van der Waals surface area contributed by atoms with Crippen molar-refractivity contribution in [1.29, 1.82) is 0 Å². The Labute approximate surface area is 150 Å². The molecule has 0 spiro atoms. The Bertz CT molecular complexity index is 955. The van der Waals surface area contributed by atoms with E-state index in [1.807, 2.05) is 24.3 Å². The Kier molecular flexibility index (Phi) is 4.58. The number of nitrogens with one attached hydrogen (secondary N) is 1.